The number of aryl methyl sites for hydroxylation is 1. The number of fused-ring (bicyclic) bond motifs is 1. The van der Waals surface area contributed by atoms with E-state index in [1.807, 2.05) is 24.4 Å². The van der Waals surface area contributed by atoms with E-state index in [4.69, 9.17) is 5.73 Å². The molecule has 0 aliphatic rings. The van der Waals surface area contributed by atoms with Crippen LogP contribution >= 0.6 is 0 Å². The number of hydrogen-bond donors (Lipinski definition) is 2. The maximum Gasteiger partial charge on any atom is 0.220 e. The molecule has 3 heterocycles. The van der Waals surface area contributed by atoms with Crippen molar-refractivity contribution < 1.29 is 5.11 Å². The summed E-state index contributed by atoms with van der Waals surface area (Å²) in [6.45, 7) is 2.95. The van der Waals surface area contributed by atoms with E-state index in [9.17, 15) is 5.11 Å². The van der Waals surface area contributed by atoms with Crippen LogP contribution in [0.5, 0.6) is 5.75 Å². The van der Waals surface area contributed by atoms with Crippen LogP contribution in [0, 0.1) is 0 Å². The number of rotatable bonds is 3. The number of phenols is 1. The molecule has 0 atom stereocenters. The van der Waals surface area contributed by atoms with E-state index < -0.39 is 0 Å². The molecule has 6 heteroatoms. The van der Waals surface area contributed by atoms with Crippen molar-refractivity contribution in [2.75, 3.05) is 5.73 Å². The lowest BCUT2D eigenvalue weighted by atomic mass is 10.0. The van der Waals surface area contributed by atoms with Crippen LogP contribution in [0.2, 0.25) is 0 Å². The summed E-state index contributed by atoms with van der Waals surface area (Å²) in [4.78, 5) is 13.1. The molecule has 0 spiro atoms. The normalized spacial score (nSPS) is 11.1. The summed E-state index contributed by atoms with van der Waals surface area (Å²) in [5.74, 6) is 0.307. The number of para-hydroxylation sites is 1. The van der Waals surface area contributed by atoms with Crippen molar-refractivity contribution in [3.05, 3.63) is 55.0 Å². The molecule has 3 N–H and O–H groups in total. The first-order chi connectivity index (χ1) is 12.2. The molecule has 4 rings (SSSR count). The number of nitrogen functional groups attached to an aromatic ring is 1. The fourth-order valence-corrected chi connectivity index (χ4v) is 2.97. The van der Waals surface area contributed by atoms with Crippen LogP contribution in [-0.4, -0.2) is 24.6 Å². The van der Waals surface area contributed by atoms with Crippen molar-refractivity contribution in [2.45, 2.75) is 13.5 Å². The third kappa shape index (κ3) is 2.57. The minimum atomic E-state index is 0.146. The van der Waals surface area contributed by atoms with Gasteiger partial charge in [-0.3, -0.25) is 0 Å². The summed E-state index contributed by atoms with van der Waals surface area (Å²) in [5.41, 5.74) is 9.56. The Morgan fingerprint density at radius 1 is 1.08 bits per heavy atom. The van der Waals surface area contributed by atoms with Gasteiger partial charge < -0.3 is 15.4 Å². The Hall–Kier alpha value is -3.41. The summed E-state index contributed by atoms with van der Waals surface area (Å²) in [5, 5.41) is 11.3. The van der Waals surface area contributed by atoms with Crippen molar-refractivity contribution >= 4 is 17.0 Å². The summed E-state index contributed by atoms with van der Waals surface area (Å²) in [6, 6.07) is 11.1. The van der Waals surface area contributed by atoms with Gasteiger partial charge in [0.1, 0.15) is 11.4 Å². The summed E-state index contributed by atoms with van der Waals surface area (Å²) in [6.07, 6.45) is 5.49. The number of nitrogens with zero attached hydrogens (tertiary/aromatic N) is 4. The molecule has 4 aromatic rings. The predicted octanol–water partition coefficient (Wildman–Crippen LogP) is 3.47. The van der Waals surface area contributed by atoms with E-state index in [0.29, 0.717) is 11.3 Å². The second-order valence-corrected chi connectivity index (χ2v) is 5.75. The Balaban J connectivity index is 1.93. The highest BCUT2D eigenvalue weighted by Gasteiger charge is 2.15. The fourth-order valence-electron chi connectivity index (χ4n) is 2.97. The number of pyridine rings is 1. The number of aromatic hydroxyl groups is 1. The van der Waals surface area contributed by atoms with E-state index in [1.165, 1.54) is 0 Å². The molecular weight excluding hydrogens is 314 g/mol. The van der Waals surface area contributed by atoms with Gasteiger partial charge in [0.2, 0.25) is 5.95 Å². The fraction of sp³-hybridized carbons (Fsp3) is 0.105. The maximum atomic E-state index is 10.2. The molecule has 0 radical (unpaired) electrons. The van der Waals surface area contributed by atoms with Crippen molar-refractivity contribution in [2.24, 2.45) is 0 Å². The Labute approximate surface area is 144 Å². The van der Waals surface area contributed by atoms with Crippen molar-refractivity contribution in [3.63, 3.8) is 0 Å². The van der Waals surface area contributed by atoms with Crippen molar-refractivity contribution in [1.82, 2.24) is 19.5 Å². The largest absolute Gasteiger partial charge is 0.507 e. The Morgan fingerprint density at radius 2 is 1.92 bits per heavy atom. The van der Waals surface area contributed by atoms with Crippen LogP contribution in [0.25, 0.3) is 33.4 Å². The summed E-state index contributed by atoms with van der Waals surface area (Å²) >= 11 is 0. The van der Waals surface area contributed by atoms with Gasteiger partial charge in [0, 0.05) is 47.2 Å². The first-order valence-electron chi connectivity index (χ1n) is 8.03. The van der Waals surface area contributed by atoms with Gasteiger partial charge in [-0.05, 0) is 31.2 Å². The highest BCUT2D eigenvalue weighted by molar-refractivity contribution is 5.88. The first-order valence-corrected chi connectivity index (χ1v) is 8.03. The lowest BCUT2D eigenvalue weighted by molar-refractivity contribution is 0.477. The number of aromatic nitrogens is 4. The van der Waals surface area contributed by atoms with E-state index in [0.717, 1.165) is 28.7 Å². The molecule has 0 bridgehead atoms. The zero-order chi connectivity index (χ0) is 17.4. The molecule has 3 aromatic heterocycles. The molecule has 0 unspecified atom stereocenters. The van der Waals surface area contributed by atoms with E-state index in [2.05, 4.69) is 26.4 Å². The average Bonchev–Trinajstić information content (AvgIpc) is 3.04. The van der Waals surface area contributed by atoms with E-state index >= 15 is 0 Å². The number of anilines is 1. The number of benzene rings is 1. The van der Waals surface area contributed by atoms with Gasteiger partial charge >= 0.3 is 0 Å². The smallest absolute Gasteiger partial charge is 0.220 e. The maximum absolute atomic E-state index is 10.2. The number of phenolic OH excluding ortho intramolecular Hbond substituents is 1. The van der Waals surface area contributed by atoms with Gasteiger partial charge in [-0.1, -0.05) is 12.1 Å². The Kier molecular flexibility index (Phi) is 3.57. The van der Waals surface area contributed by atoms with Crippen LogP contribution in [-0.2, 0) is 6.54 Å². The molecule has 0 saturated heterocycles. The third-order valence-corrected chi connectivity index (χ3v) is 4.22. The predicted molar refractivity (Wildman–Crippen MR) is 97.9 cm³/mol. The van der Waals surface area contributed by atoms with Crippen LogP contribution < -0.4 is 5.73 Å². The van der Waals surface area contributed by atoms with Gasteiger partial charge in [0.05, 0.1) is 5.69 Å². The highest BCUT2D eigenvalue weighted by atomic mass is 16.3. The molecule has 0 fully saturated rings. The SMILES string of the molecule is CCn1ccc2cc(-c3cnc(N)nc3-c3ccccc3O)cnc21. The van der Waals surface area contributed by atoms with Gasteiger partial charge in [0.25, 0.3) is 0 Å². The number of nitrogens with two attached hydrogens (primary N) is 1. The second kappa shape index (κ2) is 5.90. The van der Waals surface area contributed by atoms with Crippen LogP contribution in [0.1, 0.15) is 6.92 Å². The molecule has 1 aromatic carbocycles. The third-order valence-electron chi connectivity index (χ3n) is 4.22. The quantitative estimate of drug-likeness (QED) is 0.600. The summed E-state index contributed by atoms with van der Waals surface area (Å²) < 4.78 is 2.09. The topological polar surface area (TPSA) is 89.9 Å². The molecule has 0 amide bonds. The molecule has 25 heavy (non-hydrogen) atoms. The Morgan fingerprint density at radius 3 is 2.72 bits per heavy atom. The highest BCUT2D eigenvalue weighted by Crippen LogP contribution is 2.35. The standard InChI is InChI=1S/C19H17N5O/c1-2-24-8-7-12-9-13(10-21-18(12)24)15-11-22-19(20)23-17(15)14-5-3-4-6-16(14)25/h3-11,25H,2H2,1H3,(H2,20,22,23). The minimum Gasteiger partial charge on any atom is -0.507 e. The van der Waals surface area contributed by atoms with E-state index in [1.54, 1.807) is 30.6 Å². The van der Waals surface area contributed by atoms with Crippen LogP contribution in [0.4, 0.5) is 5.95 Å². The average molecular weight is 331 g/mol. The molecule has 6 nitrogen and oxygen atoms in total. The lowest BCUT2D eigenvalue weighted by Crippen LogP contribution is -1.99. The monoisotopic (exact) mass is 331 g/mol. The first kappa shape index (κ1) is 15.1. The van der Waals surface area contributed by atoms with Crippen LogP contribution in [0.3, 0.4) is 0 Å². The Bertz CT molecular complexity index is 1070. The molecule has 0 aliphatic heterocycles. The zero-order valence-corrected chi connectivity index (χ0v) is 13.7. The van der Waals surface area contributed by atoms with Crippen LogP contribution in [0.15, 0.2) is 55.0 Å². The molecule has 124 valence electrons. The molecular formula is C19H17N5O. The van der Waals surface area contributed by atoms with E-state index in [-0.39, 0.29) is 11.7 Å². The van der Waals surface area contributed by atoms with Gasteiger partial charge in [-0.15, -0.1) is 0 Å². The molecule has 0 aliphatic carbocycles. The van der Waals surface area contributed by atoms with Gasteiger partial charge in [0.15, 0.2) is 0 Å². The summed E-state index contributed by atoms with van der Waals surface area (Å²) in [7, 11) is 0. The van der Waals surface area contributed by atoms with Crippen molar-refractivity contribution in [3.8, 4) is 28.1 Å². The van der Waals surface area contributed by atoms with Gasteiger partial charge in [-0.2, -0.15) is 0 Å². The van der Waals surface area contributed by atoms with Crippen molar-refractivity contribution in [1.29, 1.82) is 0 Å². The second-order valence-electron chi connectivity index (χ2n) is 5.75. The lowest BCUT2D eigenvalue weighted by Gasteiger charge is -2.11. The number of hydrogen-bond acceptors (Lipinski definition) is 5. The minimum absolute atomic E-state index is 0.146. The van der Waals surface area contributed by atoms with Gasteiger partial charge in [-0.25, -0.2) is 15.0 Å². The molecule has 0 saturated carbocycles. The zero-order valence-electron chi connectivity index (χ0n) is 13.7.